The van der Waals surface area contributed by atoms with Crippen molar-refractivity contribution in [1.82, 2.24) is 25.3 Å². The van der Waals surface area contributed by atoms with Gasteiger partial charge in [0.1, 0.15) is 5.75 Å². The number of guanidine groups is 1. The maximum absolute atomic E-state index is 5.53. The van der Waals surface area contributed by atoms with Gasteiger partial charge in [0.25, 0.3) is 0 Å². The molecule has 3 rings (SSSR count). The molecule has 0 spiro atoms. The van der Waals surface area contributed by atoms with Crippen molar-refractivity contribution in [2.45, 2.75) is 25.4 Å². The molecule has 1 aliphatic heterocycles. The number of likely N-dealkylation sites (N-methyl/N-ethyl adjacent to an activating group) is 1. The number of halogens is 1. The third-order valence-corrected chi connectivity index (χ3v) is 5.45. The Balaban J connectivity index is 0.00000341. The molecular formula is C22H36IN7O. The van der Waals surface area contributed by atoms with Crippen molar-refractivity contribution in [2.75, 3.05) is 52.3 Å². The lowest BCUT2D eigenvalue weighted by molar-refractivity contribution is 0.306. The minimum absolute atomic E-state index is 0. The summed E-state index contributed by atoms with van der Waals surface area (Å²) in [7, 11) is 7.83. The summed E-state index contributed by atoms with van der Waals surface area (Å²) in [5.41, 5.74) is 2.32. The van der Waals surface area contributed by atoms with Crippen LogP contribution in [0.4, 0.5) is 5.69 Å². The number of hydrogen-bond donors (Lipinski definition) is 2. The number of aromatic nitrogens is 2. The van der Waals surface area contributed by atoms with Crippen molar-refractivity contribution in [3.8, 4) is 5.75 Å². The van der Waals surface area contributed by atoms with Crippen LogP contribution >= 0.6 is 24.0 Å². The fraction of sp³-hybridized carbons (Fsp3) is 0.545. The van der Waals surface area contributed by atoms with Crippen molar-refractivity contribution < 1.29 is 4.74 Å². The quantitative estimate of drug-likeness (QED) is 0.304. The monoisotopic (exact) mass is 541 g/mol. The molecule has 0 bridgehead atoms. The van der Waals surface area contributed by atoms with E-state index in [2.05, 4.69) is 64.9 Å². The van der Waals surface area contributed by atoms with Crippen LogP contribution in [-0.4, -0.2) is 74.1 Å². The number of hydrogen-bond acceptors (Lipinski definition) is 5. The van der Waals surface area contributed by atoms with Gasteiger partial charge in [-0.25, -0.2) is 0 Å². The Kier molecular flexibility index (Phi) is 9.89. The SMILES string of the molecule is CCNC(=NCC(c1cnn(C)c1)N(C)C)NC1CCN(c2ccccc2OC)C1.I. The molecule has 9 heteroatoms. The number of nitrogens with one attached hydrogen (secondary N) is 2. The van der Waals surface area contributed by atoms with Crippen molar-refractivity contribution in [3.63, 3.8) is 0 Å². The third-order valence-electron chi connectivity index (χ3n) is 5.45. The molecule has 2 atom stereocenters. The van der Waals surface area contributed by atoms with E-state index in [1.165, 1.54) is 5.56 Å². The van der Waals surface area contributed by atoms with Gasteiger partial charge in [-0.3, -0.25) is 9.67 Å². The first-order chi connectivity index (χ1) is 14.5. The summed E-state index contributed by atoms with van der Waals surface area (Å²) in [6, 6.07) is 8.72. The average molecular weight is 541 g/mol. The highest BCUT2D eigenvalue weighted by molar-refractivity contribution is 14.0. The summed E-state index contributed by atoms with van der Waals surface area (Å²) in [5, 5.41) is 11.3. The normalized spacial score (nSPS) is 17.4. The lowest BCUT2D eigenvalue weighted by Gasteiger charge is -2.24. The van der Waals surface area contributed by atoms with Gasteiger partial charge >= 0.3 is 0 Å². The van der Waals surface area contributed by atoms with Crippen LogP contribution in [0.3, 0.4) is 0 Å². The van der Waals surface area contributed by atoms with Crippen molar-refractivity contribution >= 4 is 35.6 Å². The van der Waals surface area contributed by atoms with E-state index < -0.39 is 0 Å². The molecule has 0 aliphatic carbocycles. The molecule has 2 heterocycles. The van der Waals surface area contributed by atoms with E-state index in [-0.39, 0.29) is 30.0 Å². The first kappa shape index (κ1) is 25.3. The van der Waals surface area contributed by atoms with Gasteiger partial charge in [0.15, 0.2) is 5.96 Å². The van der Waals surface area contributed by atoms with Crippen LogP contribution in [0, 0.1) is 0 Å². The Hall–Kier alpha value is -2.01. The molecule has 0 amide bonds. The van der Waals surface area contributed by atoms with Gasteiger partial charge in [0.2, 0.25) is 0 Å². The molecule has 1 aromatic carbocycles. The summed E-state index contributed by atoms with van der Waals surface area (Å²) in [5.74, 6) is 1.78. The predicted octanol–water partition coefficient (Wildman–Crippen LogP) is 2.48. The van der Waals surface area contributed by atoms with Crippen LogP contribution in [0.25, 0.3) is 0 Å². The highest BCUT2D eigenvalue weighted by Crippen LogP contribution is 2.30. The fourth-order valence-corrected chi connectivity index (χ4v) is 3.86. The number of benzene rings is 1. The Labute approximate surface area is 203 Å². The van der Waals surface area contributed by atoms with Crippen molar-refractivity contribution in [1.29, 1.82) is 0 Å². The maximum atomic E-state index is 5.53. The largest absolute Gasteiger partial charge is 0.495 e. The van der Waals surface area contributed by atoms with E-state index in [0.717, 1.165) is 43.5 Å². The number of rotatable bonds is 8. The zero-order valence-corrected chi connectivity index (χ0v) is 21.5. The molecule has 1 fully saturated rings. The summed E-state index contributed by atoms with van der Waals surface area (Å²) in [4.78, 5) is 9.45. The highest BCUT2D eigenvalue weighted by atomic mass is 127. The van der Waals surface area contributed by atoms with Crippen LogP contribution < -0.4 is 20.3 Å². The van der Waals surface area contributed by atoms with Crippen LogP contribution in [0.1, 0.15) is 24.9 Å². The first-order valence-electron chi connectivity index (χ1n) is 10.6. The Morgan fingerprint density at radius 3 is 2.77 bits per heavy atom. The average Bonchev–Trinajstić information content (AvgIpc) is 3.37. The number of ether oxygens (including phenoxy) is 1. The van der Waals surface area contributed by atoms with E-state index in [9.17, 15) is 0 Å². The molecule has 172 valence electrons. The number of para-hydroxylation sites is 2. The second-order valence-corrected chi connectivity index (χ2v) is 7.89. The molecule has 2 N–H and O–H groups in total. The molecule has 8 nitrogen and oxygen atoms in total. The molecular weight excluding hydrogens is 505 g/mol. The number of aryl methyl sites for hydroxylation is 1. The molecule has 1 aromatic heterocycles. The number of nitrogens with zero attached hydrogens (tertiary/aromatic N) is 5. The van der Waals surface area contributed by atoms with Gasteiger partial charge < -0.3 is 25.2 Å². The van der Waals surface area contributed by atoms with Gasteiger partial charge in [-0.2, -0.15) is 5.10 Å². The fourth-order valence-electron chi connectivity index (χ4n) is 3.86. The standard InChI is InChI=1S/C22H35N7O.HI/c1-6-23-22(24-14-20(27(2)3)17-13-25-28(4)15-17)26-18-11-12-29(16-18)19-9-7-8-10-21(19)30-5;/h7-10,13,15,18,20H,6,11-12,14,16H2,1-5H3,(H2,23,24,26);1H. The van der Waals surface area contributed by atoms with Crippen LogP contribution in [-0.2, 0) is 7.05 Å². The number of anilines is 1. The van der Waals surface area contributed by atoms with Gasteiger partial charge in [0, 0.05) is 44.5 Å². The molecule has 2 aromatic rings. The number of methoxy groups -OCH3 is 1. The van der Waals surface area contributed by atoms with E-state index in [1.54, 1.807) is 7.11 Å². The van der Waals surface area contributed by atoms with Gasteiger partial charge in [-0.05, 0) is 39.6 Å². The van der Waals surface area contributed by atoms with Crippen molar-refractivity contribution in [3.05, 3.63) is 42.2 Å². The Morgan fingerprint density at radius 1 is 1.35 bits per heavy atom. The predicted molar refractivity (Wildman–Crippen MR) is 138 cm³/mol. The van der Waals surface area contributed by atoms with Gasteiger partial charge in [-0.1, -0.05) is 12.1 Å². The molecule has 2 unspecified atom stereocenters. The molecule has 0 saturated carbocycles. The van der Waals surface area contributed by atoms with Crippen molar-refractivity contribution in [2.24, 2.45) is 12.0 Å². The topological polar surface area (TPSA) is 70.0 Å². The van der Waals surface area contributed by atoms with E-state index in [4.69, 9.17) is 9.73 Å². The minimum atomic E-state index is 0. The van der Waals surface area contributed by atoms with Crippen LogP contribution in [0.5, 0.6) is 5.75 Å². The molecule has 1 aliphatic rings. The molecule has 1 saturated heterocycles. The number of aliphatic imine (C=N–C) groups is 1. The highest BCUT2D eigenvalue weighted by Gasteiger charge is 2.25. The van der Waals surface area contributed by atoms with Gasteiger partial charge in [0.05, 0.1) is 31.6 Å². The second-order valence-electron chi connectivity index (χ2n) is 7.89. The van der Waals surface area contributed by atoms with Crippen LogP contribution in [0.15, 0.2) is 41.7 Å². The minimum Gasteiger partial charge on any atom is -0.495 e. The molecule has 31 heavy (non-hydrogen) atoms. The van der Waals surface area contributed by atoms with E-state index >= 15 is 0 Å². The summed E-state index contributed by atoms with van der Waals surface area (Å²) in [6.45, 7) is 5.50. The summed E-state index contributed by atoms with van der Waals surface area (Å²) >= 11 is 0. The Bertz CT molecular complexity index is 839. The van der Waals surface area contributed by atoms with E-state index in [1.807, 2.05) is 30.1 Å². The zero-order chi connectivity index (χ0) is 21.5. The molecule has 0 radical (unpaired) electrons. The summed E-state index contributed by atoms with van der Waals surface area (Å²) in [6.07, 6.45) is 5.04. The van der Waals surface area contributed by atoms with Gasteiger partial charge in [-0.15, -0.1) is 24.0 Å². The zero-order valence-electron chi connectivity index (χ0n) is 19.2. The Morgan fingerprint density at radius 2 is 2.13 bits per heavy atom. The van der Waals surface area contributed by atoms with E-state index in [0.29, 0.717) is 12.6 Å². The summed E-state index contributed by atoms with van der Waals surface area (Å²) < 4.78 is 7.37. The smallest absolute Gasteiger partial charge is 0.191 e. The lowest BCUT2D eigenvalue weighted by atomic mass is 10.1. The first-order valence-corrected chi connectivity index (χ1v) is 10.6. The third kappa shape index (κ3) is 6.73. The van der Waals surface area contributed by atoms with Crippen LogP contribution in [0.2, 0.25) is 0 Å². The lowest BCUT2D eigenvalue weighted by Crippen LogP contribution is -2.45. The maximum Gasteiger partial charge on any atom is 0.191 e. The second kappa shape index (κ2) is 12.1.